The van der Waals surface area contributed by atoms with Gasteiger partial charge in [-0.3, -0.25) is 4.79 Å². The molecule has 0 radical (unpaired) electrons. The van der Waals surface area contributed by atoms with Crippen molar-refractivity contribution in [2.24, 2.45) is 11.8 Å². The highest BCUT2D eigenvalue weighted by Gasteiger charge is 2.60. The Balaban J connectivity index is 1.59. The minimum absolute atomic E-state index is 0.0511. The van der Waals surface area contributed by atoms with Gasteiger partial charge in [0.25, 0.3) is 6.33 Å². The molecule has 1 fully saturated rings. The summed E-state index contributed by atoms with van der Waals surface area (Å²) in [4.78, 5) is 28.1. The topological polar surface area (TPSA) is 86.1 Å². The SMILES string of the molecule is CSc1c2sc(C3=C(C(=O)O)N4C(=O)[C@H]([C@@H](C)O)[C@H]4[C@H]3C)cn2c[n+]1C(C)c1ccccc1. The smallest absolute Gasteiger partial charge is 0.352 e. The zero-order valence-corrected chi connectivity index (χ0v) is 20.4. The second-order valence-electron chi connectivity index (χ2n) is 8.75. The van der Waals surface area contributed by atoms with E-state index in [9.17, 15) is 19.8 Å². The van der Waals surface area contributed by atoms with Crippen LogP contribution in [0.4, 0.5) is 0 Å². The van der Waals surface area contributed by atoms with E-state index in [1.54, 1.807) is 30.0 Å². The molecule has 2 N–H and O–H groups in total. The van der Waals surface area contributed by atoms with E-state index in [0.717, 1.165) is 14.7 Å². The van der Waals surface area contributed by atoms with Crippen molar-refractivity contribution in [1.82, 2.24) is 9.30 Å². The van der Waals surface area contributed by atoms with Gasteiger partial charge in [0, 0.05) is 11.5 Å². The standard InChI is InChI=1S/C24H25N3O4S2/c1-12-17(20(24(30)31)27-19(12)18(14(3)28)21(27)29)16-10-25-11-26(23(32-4)22(25)33-16)13(2)15-8-6-5-7-9-15/h5-14,18-19,28H,1-4H3/p+1/t12-,13?,14+,18+,19+/m0/s1. The Labute approximate surface area is 200 Å². The summed E-state index contributed by atoms with van der Waals surface area (Å²) in [5.41, 5.74) is 1.94. The van der Waals surface area contributed by atoms with E-state index >= 15 is 0 Å². The lowest BCUT2D eigenvalue weighted by Gasteiger charge is -2.46. The van der Waals surface area contributed by atoms with E-state index in [0.29, 0.717) is 5.57 Å². The number of thiazole rings is 1. The van der Waals surface area contributed by atoms with Crippen LogP contribution in [-0.4, -0.2) is 49.8 Å². The summed E-state index contributed by atoms with van der Waals surface area (Å²) in [6.07, 6.45) is 5.26. The maximum atomic E-state index is 12.7. The Morgan fingerprint density at radius 3 is 2.55 bits per heavy atom. The number of carboxylic acid groups (broad SMARTS) is 1. The Hall–Kier alpha value is -2.62. The highest BCUT2D eigenvalue weighted by Crippen LogP contribution is 2.51. The van der Waals surface area contributed by atoms with Crippen molar-refractivity contribution < 1.29 is 24.4 Å². The molecule has 0 aliphatic carbocycles. The van der Waals surface area contributed by atoms with Crippen molar-refractivity contribution in [3.8, 4) is 0 Å². The maximum absolute atomic E-state index is 12.7. The van der Waals surface area contributed by atoms with Crippen molar-refractivity contribution in [2.75, 3.05) is 6.26 Å². The van der Waals surface area contributed by atoms with Crippen molar-refractivity contribution in [1.29, 1.82) is 0 Å². The molecule has 0 saturated carbocycles. The molecule has 0 spiro atoms. The number of carbonyl (C=O) groups is 2. The third-order valence-electron chi connectivity index (χ3n) is 6.90. The molecule has 2 aliphatic heterocycles. The first-order valence-corrected chi connectivity index (χ1v) is 12.9. The van der Waals surface area contributed by atoms with Crippen LogP contribution in [0.1, 0.15) is 37.3 Å². The number of carbonyl (C=O) groups excluding carboxylic acids is 1. The van der Waals surface area contributed by atoms with E-state index in [1.807, 2.05) is 42.0 Å². The van der Waals surface area contributed by atoms with Gasteiger partial charge in [-0.1, -0.05) is 60.4 Å². The molecule has 7 nitrogen and oxygen atoms in total. The molecular formula is C24H26N3O4S2+. The number of thioether (sulfide) groups is 1. The van der Waals surface area contributed by atoms with E-state index < -0.39 is 18.0 Å². The molecule has 172 valence electrons. The molecule has 0 bridgehead atoms. The second-order valence-corrected chi connectivity index (χ2v) is 10.6. The molecular weight excluding hydrogens is 458 g/mol. The van der Waals surface area contributed by atoms with Crippen molar-refractivity contribution in [2.45, 2.75) is 44.0 Å². The minimum atomic E-state index is -1.10. The molecule has 5 atom stereocenters. The van der Waals surface area contributed by atoms with E-state index in [-0.39, 0.29) is 29.6 Å². The molecule has 1 unspecified atom stereocenters. The summed E-state index contributed by atoms with van der Waals surface area (Å²) in [5, 5.41) is 21.2. The zero-order valence-electron chi connectivity index (χ0n) is 18.8. The van der Waals surface area contributed by atoms with Crippen LogP contribution in [0.3, 0.4) is 0 Å². The van der Waals surface area contributed by atoms with Crippen LogP contribution in [0.15, 0.2) is 53.6 Å². The van der Waals surface area contributed by atoms with Crippen molar-refractivity contribution >= 4 is 45.4 Å². The molecule has 4 heterocycles. The van der Waals surface area contributed by atoms with Crippen molar-refractivity contribution in [3.63, 3.8) is 0 Å². The average molecular weight is 485 g/mol. The van der Waals surface area contributed by atoms with Gasteiger partial charge in [0.2, 0.25) is 15.8 Å². The number of hydrogen-bond acceptors (Lipinski definition) is 5. The number of amides is 1. The van der Waals surface area contributed by atoms with E-state index in [1.165, 1.54) is 10.5 Å². The van der Waals surface area contributed by atoms with Gasteiger partial charge < -0.3 is 15.1 Å². The average Bonchev–Trinajstić information content (AvgIpc) is 3.40. The van der Waals surface area contributed by atoms with Gasteiger partial charge >= 0.3 is 5.97 Å². The number of aliphatic hydroxyl groups is 1. The normalized spacial score (nSPS) is 24.2. The largest absolute Gasteiger partial charge is 0.477 e. The molecule has 9 heteroatoms. The minimum Gasteiger partial charge on any atom is -0.477 e. The molecule has 5 rings (SSSR count). The summed E-state index contributed by atoms with van der Waals surface area (Å²) in [5.74, 6) is -2.15. The zero-order chi connectivity index (χ0) is 23.6. The number of aliphatic hydroxyl groups excluding tert-OH is 1. The Morgan fingerprint density at radius 2 is 1.94 bits per heavy atom. The molecule has 2 aliphatic rings. The number of hydrogen-bond donors (Lipinski definition) is 2. The van der Waals surface area contributed by atoms with E-state index in [2.05, 4.69) is 30.0 Å². The summed E-state index contributed by atoms with van der Waals surface area (Å²) in [6, 6.07) is 10.1. The van der Waals surface area contributed by atoms with Gasteiger partial charge in [-0.15, -0.1) is 0 Å². The third kappa shape index (κ3) is 3.17. The van der Waals surface area contributed by atoms with Crippen LogP contribution in [0.5, 0.6) is 0 Å². The second kappa shape index (κ2) is 8.00. The number of carboxylic acids is 1. The Morgan fingerprint density at radius 1 is 1.24 bits per heavy atom. The fourth-order valence-electron chi connectivity index (χ4n) is 5.28. The molecule has 2 aromatic heterocycles. The van der Waals surface area contributed by atoms with Crippen molar-refractivity contribution in [3.05, 3.63) is 59.0 Å². The molecule has 33 heavy (non-hydrogen) atoms. The predicted octanol–water partition coefficient (Wildman–Crippen LogP) is 3.27. The fraction of sp³-hybridized carbons (Fsp3) is 0.375. The number of imidazole rings is 1. The first-order valence-electron chi connectivity index (χ1n) is 10.9. The van der Waals surface area contributed by atoms with E-state index in [4.69, 9.17) is 0 Å². The van der Waals surface area contributed by atoms with Crippen LogP contribution in [0.2, 0.25) is 0 Å². The van der Waals surface area contributed by atoms with Gasteiger partial charge in [-0.05, 0) is 25.7 Å². The van der Waals surface area contributed by atoms with Crippen LogP contribution < -0.4 is 4.57 Å². The number of β-lactam (4-membered cyclic amide) rings is 1. The number of benzene rings is 1. The lowest BCUT2D eigenvalue weighted by molar-refractivity contribution is -0.742. The van der Waals surface area contributed by atoms with Gasteiger partial charge in [0.1, 0.15) is 17.9 Å². The highest BCUT2D eigenvalue weighted by atomic mass is 32.2. The first kappa shape index (κ1) is 22.2. The fourth-order valence-corrected chi connectivity index (χ4v) is 7.52. The van der Waals surface area contributed by atoms with Gasteiger partial charge in [-0.2, -0.15) is 4.40 Å². The summed E-state index contributed by atoms with van der Waals surface area (Å²) < 4.78 is 4.29. The first-order chi connectivity index (χ1) is 15.8. The Kier molecular flexibility index (Phi) is 5.38. The van der Waals surface area contributed by atoms with Gasteiger partial charge in [0.15, 0.2) is 0 Å². The molecule has 3 aromatic rings. The number of aromatic nitrogens is 2. The number of nitrogens with zero attached hydrogens (tertiary/aromatic N) is 3. The lowest BCUT2D eigenvalue weighted by Crippen LogP contribution is -2.63. The highest BCUT2D eigenvalue weighted by molar-refractivity contribution is 7.98. The van der Waals surface area contributed by atoms with Gasteiger partial charge in [-0.25, -0.2) is 9.36 Å². The maximum Gasteiger partial charge on any atom is 0.352 e. The number of fused-ring (bicyclic) bond motifs is 2. The number of rotatable bonds is 6. The van der Waals surface area contributed by atoms with Crippen LogP contribution in [-0.2, 0) is 9.59 Å². The monoisotopic (exact) mass is 484 g/mol. The summed E-state index contributed by atoms with van der Waals surface area (Å²) in [7, 11) is 0. The predicted molar refractivity (Wildman–Crippen MR) is 127 cm³/mol. The quantitative estimate of drug-likeness (QED) is 0.319. The van der Waals surface area contributed by atoms with Crippen LogP contribution in [0.25, 0.3) is 10.4 Å². The van der Waals surface area contributed by atoms with Crippen LogP contribution in [0, 0.1) is 11.8 Å². The Bertz CT molecular complexity index is 1290. The molecule has 1 amide bonds. The number of aliphatic carboxylic acids is 1. The van der Waals surface area contributed by atoms with Crippen LogP contribution >= 0.6 is 23.1 Å². The molecule has 1 saturated heterocycles. The summed E-state index contributed by atoms with van der Waals surface area (Å²) >= 11 is 3.21. The summed E-state index contributed by atoms with van der Waals surface area (Å²) in [6.45, 7) is 5.71. The molecule has 1 aromatic carbocycles. The third-order valence-corrected chi connectivity index (χ3v) is 8.96. The lowest BCUT2D eigenvalue weighted by atomic mass is 9.77. The van der Waals surface area contributed by atoms with Gasteiger partial charge in [0.05, 0.1) is 22.9 Å².